The third-order valence-electron chi connectivity index (χ3n) is 4.01. The van der Waals surface area contributed by atoms with E-state index in [1.165, 1.54) is 0 Å². The number of amides is 1. The lowest BCUT2D eigenvalue weighted by molar-refractivity contribution is -0.128. The average molecular weight is 241 g/mol. The van der Waals surface area contributed by atoms with Crippen LogP contribution in [0, 0.1) is 5.92 Å². The Bertz CT molecular complexity index is 269. The maximum atomic E-state index is 12.1. The first-order valence-corrected chi connectivity index (χ1v) is 6.82. The van der Waals surface area contributed by atoms with Crippen LogP contribution in [-0.2, 0) is 9.53 Å². The monoisotopic (exact) mass is 241 g/mol. The number of carbonyl (C=O) groups is 1. The number of carbonyl (C=O) groups excluding carboxylic acids is 1. The van der Waals surface area contributed by atoms with Crippen molar-refractivity contribution in [2.75, 3.05) is 6.61 Å². The van der Waals surface area contributed by atoms with E-state index in [2.05, 4.69) is 5.32 Å². The van der Waals surface area contributed by atoms with Crippen molar-refractivity contribution >= 4 is 5.91 Å². The Morgan fingerprint density at radius 3 is 2.82 bits per heavy atom. The summed E-state index contributed by atoms with van der Waals surface area (Å²) < 4.78 is 5.53. The predicted molar refractivity (Wildman–Crippen MR) is 64.5 cm³/mol. The molecule has 17 heavy (non-hydrogen) atoms. The highest BCUT2D eigenvalue weighted by atomic mass is 16.5. The largest absolute Gasteiger partial charge is 0.391 e. The van der Waals surface area contributed by atoms with Gasteiger partial charge in [-0.2, -0.15) is 0 Å². The molecule has 0 aromatic rings. The van der Waals surface area contributed by atoms with Crippen molar-refractivity contribution in [3.8, 4) is 0 Å². The second kappa shape index (κ2) is 5.83. The van der Waals surface area contributed by atoms with E-state index >= 15 is 0 Å². The molecule has 4 nitrogen and oxygen atoms in total. The molecule has 2 aliphatic rings. The van der Waals surface area contributed by atoms with Crippen LogP contribution in [0.4, 0.5) is 0 Å². The first-order valence-electron chi connectivity index (χ1n) is 6.82. The normalized spacial score (nSPS) is 38.0. The van der Waals surface area contributed by atoms with E-state index in [4.69, 9.17) is 4.74 Å². The van der Waals surface area contributed by atoms with Gasteiger partial charge in [-0.05, 0) is 25.7 Å². The van der Waals surface area contributed by atoms with Crippen molar-refractivity contribution in [1.82, 2.24) is 5.32 Å². The molecule has 1 aliphatic heterocycles. The highest BCUT2D eigenvalue weighted by Crippen LogP contribution is 2.25. The molecule has 0 bridgehead atoms. The topological polar surface area (TPSA) is 58.6 Å². The minimum absolute atomic E-state index is 0.0193. The minimum atomic E-state index is -0.366. The van der Waals surface area contributed by atoms with Gasteiger partial charge in [-0.3, -0.25) is 4.79 Å². The molecular formula is C13H23NO3. The Morgan fingerprint density at radius 2 is 2.12 bits per heavy atom. The van der Waals surface area contributed by atoms with E-state index in [0.29, 0.717) is 6.61 Å². The molecule has 0 radical (unpaired) electrons. The molecule has 4 atom stereocenters. The Balaban J connectivity index is 1.87. The number of rotatable bonds is 3. The molecule has 1 aliphatic carbocycles. The number of hydrogen-bond acceptors (Lipinski definition) is 3. The predicted octanol–water partition coefficient (Wildman–Crippen LogP) is 1.22. The third kappa shape index (κ3) is 2.99. The first kappa shape index (κ1) is 12.8. The van der Waals surface area contributed by atoms with Crippen LogP contribution in [-0.4, -0.2) is 35.9 Å². The lowest BCUT2D eigenvalue weighted by atomic mass is 9.91. The summed E-state index contributed by atoms with van der Waals surface area (Å²) in [5, 5.41) is 12.8. The molecule has 98 valence electrons. The number of hydrogen-bond donors (Lipinski definition) is 2. The zero-order chi connectivity index (χ0) is 12.3. The molecular weight excluding hydrogens is 218 g/mol. The van der Waals surface area contributed by atoms with Crippen LogP contribution in [0.5, 0.6) is 0 Å². The molecule has 1 saturated carbocycles. The van der Waals surface area contributed by atoms with Crippen molar-refractivity contribution in [2.45, 2.75) is 63.7 Å². The van der Waals surface area contributed by atoms with E-state index < -0.39 is 0 Å². The summed E-state index contributed by atoms with van der Waals surface area (Å²) in [5.41, 5.74) is 0. The van der Waals surface area contributed by atoms with Crippen LogP contribution in [0.1, 0.15) is 45.4 Å². The van der Waals surface area contributed by atoms with E-state index in [9.17, 15) is 9.90 Å². The van der Waals surface area contributed by atoms with E-state index in [1.807, 2.05) is 6.92 Å². The Kier molecular flexibility index (Phi) is 4.40. The van der Waals surface area contributed by atoms with Crippen LogP contribution >= 0.6 is 0 Å². The number of nitrogens with one attached hydrogen (secondary N) is 1. The van der Waals surface area contributed by atoms with Gasteiger partial charge < -0.3 is 15.2 Å². The summed E-state index contributed by atoms with van der Waals surface area (Å²) in [6.45, 7) is 2.73. The van der Waals surface area contributed by atoms with Gasteiger partial charge in [0, 0.05) is 6.61 Å². The summed E-state index contributed by atoms with van der Waals surface area (Å²) in [7, 11) is 0. The van der Waals surface area contributed by atoms with Gasteiger partial charge in [0.15, 0.2) is 0 Å². The van der Waals surface area contributed by atoms with Crippen molar-refractivity contribution < 1.29 is 14.6 Å². The zero-order valence-electron chi connectivity index (χ0n) is 10.5. The second-order valence-corrected chi connectivity index (χ2v) is 5.18. The highest BCUT2D eigenvalue weighted by Gasteiger charge is 2.35. The van der Waals surface area contributed by atoms with E-state index in [0.717, 1.165) is 38.5 Å². The van der Waals surface area contributed by atoms with Gasteiger partial charge in [0.25, 0.3) is 0 Å². The maximum absolute atomic E-state index is 12.1. The van der Waals surface area contributed by atoms with Gasteiger partial charge in [-0.25, -0.2) is 0 Å². The van der Waals surface area contributed by atoms with Crippen LogP contribution in [0.3, 0.4) is 0 Å². The molecule has 4 unspecified atom stereocenters. The molecule has 0 spiro atoms. The fraction of sp³-hybridized carbons (Fsp3) is 0.923. The zero-order valence-corrected chi connectivity index (χ0v) is 10.5. The van der Waals surface area contributed by atoms with Gasteiger partial charge in [0.1, 0.15) is 0 Å². The van der Waals surface area contributed by atoms with Crippen molar-refractivity contribution in [3.05, 3.63) is 0 Å². The molecule has 1 heterocycles. The maximum Gasteiger partial charge on any atom is 0.226 e. The van der Waals surface area contributed by atoms with Crippen LogP contribution in [0.25, 0.3) is 0 Å². The summed E-state index contributed by atoms with van der Waals surface area (Å²) >= 11 is 0. The first-order chi connectivity index (χ1) is 8.22. The Morgan fingerprint density at radius 1 is 1.35 bits per heavy atom. The molecule has 1 saturated heterocycles. The summed E-state index contributed by atoms with van der Waals surface area (Å²) in [6, 6.07) is -0.0469. The van der Waals surface area contributed by atoms with Gasteiger partial charge >= 0.3 is 0 Å². The molecule has 0 aromatic carbocycles. The molecule has 4 heteroatoms. The third-order valence-corrected chi connectivity index (χ3v) is 4.01. The van der Waals surface area contributed by atoms with Crippen LogP contribution in [0.15, 0.2) is 0 Å². The fourth-order valence-corrected chi connectivity index (χ4v) is 2.92. The van der Waals surface area contributed by atoms with Crippen molar-refractivity contribution in [2.24, 2.45) is 5.92 Å². The van der Waals surface area contributed by atoms with Gasteiger partial charge in [-0.15, -0.1) is 0 Å². The highest BCUT2D eigenvalue weighted by molar-refractivity contribution is 5.79. The lowest BCUT2D eigenvalue weighted by Gasteiger charge is -2.29. The van der Waals surface area contributed by atoms with E-state index in [1.54, 1.807) is 0 Å². The fourth-order valence-electron chi connectivity index (χ4n) is 2.92. The van der Waals surface area contributed by atoms with Crippen LogP contribution in [0.2, 0.25) is 0 Å². The molecule has 2 fully saturated rings. The van der Waals surface area contributed by atoms with Crippen LogP contribution < -0.4 is 5.32 Å². The number of aliphatic hydroxyl groups is 1. The van der Waals surface area contributed by atoms with E-state index in [-0.39, 0.29) is 30.1 Å². The van der Waals surface area contributed by atoms with Gasteiger partial charge in [-0.1, -0.05) is 19.8 Å². The average Bonchev–Trinajstić information content (AvgIpc) is 2.80. The van der Waals surface area contributed by atoms with Gasteiger partial charge in [0.05, 0.1) is 24.2 Å². The van der Waals surface area contributed by atoms with Crippen molar-refractivity contribution in [3.63, 3.8) is 0 Å². The van der Waals surface area contributed by atoms with Gasteiger partial charge in [0.2, 0.25) is 5.91 Å². The standard InChI is InChI=1S/C13H23NO3/c1-2-12-9(7-8-17-12)13(16)14-10-5-3-4-6-11(10)15/h9-12,15H,2-8H2,1H3,(H,14,16). The van der Waals surface area contributed by atoms with Crippen molar-refractivity contribution in [1.29, 1.82) is 0 Å². The number of ether oxygens (including phenoxy) is 1. The molecule has 1 amide bonds. The Labute approximate surface area is 103 Å². The summed E-state index contributed by atoms with van der Waals surface area (Å²) in [5.74, 6) is 0.0504. The molecule has 2 rings (SSSR count). The molecule has 2 N–H and O–H groups in total. The second-order valence-electron chi connectivity index (χ2n) is 5.18. The number of aliphatic hydroxyl groups excluding tert-OH is 1. The quantitative estimate of drug-likeness (QED) is 0.781. The summed E-state index contributed by atoms with van der Waals surface area (Å²) in [4.78, 5) is 12.1. The smallest absolute Gasteiger partial charge is 0.226 e. The summed E-state index contributed by atoms with van der Waals surface area (Å²) in [6.07, 6.45) is 5.27. The Hall–Kier alpha value is -0.610. The SMILES string of the molecule is CCC1OCCC1C(=O)NC1CCCCC1O. The minimum Gasteiger partial charge on any atom is -0.391 e. The lowest BCUT2D eigenvalue weighted by Crippen LogP contribution is -2.48. The molecule has 0 aromatic heterocycles.